The molecule has 2 amide bonds. The molecule has 26 heavy (non-hydrogen) atoms. The number of likely N-dealkylation sites (tertiary alicyclic amines) is 1. The van der Waals surface area contributed by atoms with Gasteiger partial charge < -0.3 is 13.9 Å². The summed E-state index contributed by atoms with van der Waals surface area (Å²) in [5.74, 6) is -0.0105. The van der Waals surface area contributed by atoms with Crippen LogP contribution in [0.3, 0.4) is 0 Å². The van der Waals surface area contributed by atoms with Crippen molar-refractivity contribution < 1.29 is 14.0 Å². The summed E-state index contributed by atoms with van der Waals surface area (Å²) in [7, 11) is 1.93. The van der Waals surface area contributed by atoms with E-state index in [1.165, 1.54) is 17.6 Å². The first-order valence-electron chi connectivity index (χ1n) is 8.59. The molecule has 7 heteroatoms. The lowest BCUT2D eigenvalue weighted by molar-refractivity contribution is -0.123. The zero-order valence-corrected chi connectivity index (χ0v) is 15.2. The molecule has 1 aliphatic heterocycles. The third kappa shape index (κ3) is 3.10. The van der Waals surface area contributed by atoms with Crippen LogP contribution in [-0.2, 0) is 11.8 Å². The summed E-state index contributed by atoms with van der Waals surface area (Å²) in [4.78, 5) is 31.7. The van der Waals surface area contributed by atoms with E-state index in [1.807, 2.05) is 35.9 Å². The Kier molecular flexibility index (Phi) is 4.46. The van der Waals surface area contributed by atoms with Gasteiger partial charge in [-0.3, -0.25) is 9.59 Å². The van der Waals surface area contributed by atoms with E-state index < -0.39 is 0 Å². The number of aromatic nitrogens is 1. The number of carbonyl (C=O) groups is 2. The zero-order chi connectivity index (χ0) is 18.1. The van der Waals surface area contributed by atoms with Gasteiger partial charge in [0, 0.05) is 26.1 Å². The van der Waals surface area contributed by atoms with Gasteiger partial charge >= 0.3 is 0 Å². The first-order chi connectivity index (χ1) is 12.6. The number of para-hydroxylation sites is 1. The lowest BCUT2D eigenvalue weighted by Crippen LogP contribution is -2.40. The number of furan rings is 1. The summed E-state index contributed by atoms with van der Waals surface area (Å²) in [6.45, 7) is 1.09. The van der Waals surface area contributed by atoms with Crippen LogP contribution < -0.4 is 4.80 Å². The van der Waals surface area contributed by atoms with Crippen LogP contribution in [-0.4, -0.2) is 34.4 Å². The lowest BCUT2D eigenvalue weighted by Gasteiger charge is -2.29. The van der Waals surface area contributed by atoms with Gasteiger partial charge in [-0.2, -0.15) is 4.99 Å². The molecular formula is C19H19N3O3S. The van der Waals surface area contributed by atoms with Crippen LogP contribution in [0.1, 0.15) is 23.4 Å². The van der Waals surface area contributed by atoms with Crippen molar-refractivity contribution in [3.63, 3.8) is 0 Å². The lowest BCUT2D eigenvalue weighted by atomic mass is 9.96. The molecule has 4 rings (SSSR count). The molecule has 2 aromatic heterocycles. The molecule has 1 aliphatic rings. The number of rotatable bonds is 2. The zero-order valence-electron chi connectivity index (χ0n) is 14.4. The van der Waals surface area contributed by atoms with Crippen LogP contribution in [0.15, 0.2) is 52.1 Å². The second-order valence-corrected chi connectivity index (χ2v) is 7.41. The van der Waals surface area contributed by atoms with Crippen LogP contribution in [0.2, 0.25) is 0 Å². The number of hydrogen-bond acceptors (Lipinski definition) is 4. The van der Waals surface area contributed by atoms with Crippen LogP contribution in [0.25, 0.3) is 10.2 Å². The molecule has 134 valence electrons. The van der Waals surface area contributed by atoms with Crippen LogP contribution in [0, 0.1) is 5.92 Å². The fraction of sp³-hybridized carbons (Fsp3) is 0.316. The van der Waals surface area contributed by atoms with Crippen molar-refractivity contribution in [1.82, 2.24) is 9.47 Å². The molecule has 3 heterocycles. The second-order valence-electron chi connectivity index (χ2n) is 6.41. The number of carbonyl (C=O) groups excluding carboxylic acids is 2. The number of amides is 2. The van der Waals surface area contributed by atoms with E-state index in [9.17, 15) is 9.59 Å². The highest BCUT2D eigenvalue weighted by atomic mass is 32.1. The van der Waals surface area contributed by atoms with Crippen molar-refractivity contribution in [2.45, 2.75) is 12.8 Å². The minimum Gasteiger partial charge on any atom is -0.459 e. The molecule has 0 atom stereocenters. The number of nitrogens with zero attached hydrogens (tertiary/aromatic N) is 3. The summed E-state index contributed by atoms with van der Waals surface area (Å²) in [6.07, 6.45) is 2.75. The van der Waals surface area contributed by atoms with Crippen molar-refractivity contribution in [3.8, 4) is 0 Å². The van der Waals surface area contributed by atoms with Crippen molar-refractivity contribution >= 4 is 33.4 Å². The van der Waals surface area contributed by atoms with E-state index in [4.69, 9.17) is 4.42 Å². The van der Waals surface area contributed by atoms with Crippen LogP contribution in [0.4, 0.5) is 0 Å². The predicted octanol–water partition coefficient (Wildman–Crippen LogP) is 2.81. The molecule has 6 nitrogen and oxygen atoms in total. The van der Waals surface area contributed by atoms with Gasteiger partial charge in [0.05, 0.1) is 16.5 Å². The average molecular weight is 369 g/mol. The molecule has 0 aliphatic carbocycles. The summed E-state index contributed by atoms with van der Waals surface area (Å²) in [5.41, 5.74) is 1.07. The maximum Gasteiger partial charge on any atom is 0.289 e. The fourth-order valence-corrected chi connectivity index (χ4v) is 4.28. The minimum atomic E-state index is -0.138. The Morgan fingerprint density at radius 1 is 1.15 bits per heavy atom. The van der Waals surface area contributed by atoms with Gasteiger partial charge in [-0.25, -0.2) is 0 Å². The monoisotopic (exact) mass is 369 g/mol. The average Bonchev–Trinajstić information content (AvgIpc) is 3.31. The van der Waals surface area contributed by atoms with Gasteiger partial charge in [-0.05, 0) is 37.1 Å². The predicted molar refractivity (Wildman–Crippen MR) is 98.7 cm³/mol. The topological polar surface area (TPSA) is 67.8 Å². The van der Waals surface area contributed by atoms with Crippen molar-refractivity contribution in [2.75, 3.05) is 13.1 Å². The number of piperidine rings is 1. The Morgan fingerprint density at radius 3 is 2.62 bits per heavy atom. The molecule has 0 saturated carbocycles. The first-order valence-corrected chi connectivity index (χ1v) is 9.41. The SMILES string of the molecule is Cn1c(=NC(=O)C2CCN(C(=O)c3ccco3)CC2)sc2ccccc21. The van der Waals surface area contributed by atoms with Crippen molar-refractivity contribution in [2.24, 2.45) is 18.0 Å². The maximum atomic E-state index is 12.6. The molecule has 0 spiro atoms. The minimum absolute atomic E-state index is 0.0998. The van der Waals surface area contributed by atoms with Crippen molar-refractivity contribution in [1.29, 1.82) is 0 Å². The summed E-state index contributed by atoms with van der Waals surface area (Å²) < 4.78 is 8.23. The Balaban J connectivity index is 1.46. The Morgan fingerprint density at radius 2 is 1.92 bits per heavy atom. The number of thiazole rings is 1. The Hall–Kier alpha value is -2.67. The molecule has 1 saturated heterocycles. The molecule has 0 unspecified atom stereocenters. The van der Waals surface area contributed by atoms with E-state index in [1.54, 1.807) is 17.0 Å². The van der Waals surface area contributed by atoms with Crippen LogP contribution in [0.5, 0.6) is 0 Å². The normalized spacial score (nSPS) is 16.3. The second kappa shape index (κ2) is 6.92. The summed E-state index contributed by atoms with van der Waals surface area (Å²) in [6, 6.07) is 11.4. The quantitative estimate of drug-likeness (QED) is 0.698. The first kappa shape index (κ1) is 16.8. The number of hydrogen-bond donors (Lipinski definition) is 0. The highest BCUT2D eigenvalue weighted by Crippen LogP contribution is 2.21. The van der Waals surface area contributed by atoms with Crippen molar-refractivity contribution in [3.05, 3.63) is 53.2 Å². The highest BCUT2D eigenvalue weighted by molar-refractivity contribution is 7.16. The molecule has 3 aromatic rings. The van der Waals surface area contributed by atoms with Gasteiger partial charge in [0.25, 0.3) is 11.8 Å². The molecule has 1 aromatic carbocycles. The molecular weight excluding hydrogens is 350 g/mol. The molecule has 0 bridgehead atoms. The van der Waals surface area contributed by atoms with Gasteiger partial charge in [-0.1, -0.05) is 23.5 Å². The third-order valence-electron chi connectivity index (χ3n) is 4.78. The summed E-state index contributed by atoms with van der Waals surface area (Å²) in [5, 5.41) is 0. The largest absolute Gasteiger partial charge is 0.459 e. The molecule has 1 fully saturated rings. The standard InChI is InChI=1S/C19H19N3O3S/c1-21-14-5-2-3-7-16(14)26-19(21)20-17(23)13-8-10-22(11-9-13)18(24)15-6-4-12-25-15/h2-7,12-13H,8-11H2,1H3. The Bertz CT molecular complexity index is 1010. The van der Waals surface area contributed by atoms with E-state index in [0.29, 0.717) is 36.5 Å². The van der Waals surface area contributed by atoms with Gasteiger partial charge in [0.15, 0.2) is 10.6 Å². The van der Waals surface area contributed by atoms with Crippen LogP contribution >= 0.6 is 11.3 Å². The maximum absolute atomic E-state index is 12.6. The third-order valence-corrected chi connectivity index (χ3v) is 5.90. The molecule has 0 radical (unpaired) electrons. The van der Waals surface area contributed by atoms with Gasteiger partial charge in [-0.15, -0.1) is 0 Å². The molecule has 0 N–H and O–H groups in total. The van der Waals surface area contributed by atoms with E-state index in [2.05, 4.69) is 4.99 Å². The van der Waals surface area contributed by atoms with Gasteiger partial charge in [0.2, 0.25) is 0 Å². The highest BCUT2D eigenvalue weighted by Gasteiger charge is 2.28. The number of fused-ring (bicyclic) bond motifs is 1. The van der Waals surface area contributed by atoms with Gasteiger partial charge in [0.1, 0.15) is 0 Å². The summed E-state index contributed by atoms with van der Waals surface area (Å²) >= 11 is 1.52. The van der Waals surface area contributed by atoms with E-state index in [-0.39, 0.29) is 17.7 Å². The number of aryl methyl sites for hydroxylation is 1. The number of benzene rings is 1. The Labute approximate surface area is 154 Å². The van der Waals surface area contributed by atoms with E-state index >= 15 is 0 Å². The smallest absolute Gasteiger partial charge is 0.289 e. The van der Waals surface area contributed by atoms with E-state index in [0.717, 1.165) is 10.2 Å². The fourth-order valence-electron chi connectivity index (χ4n) is 3.26.